The number of unbranched alkanes of at least 4 members (excludes halogenated alkanes) is 2. The molecule has 5 nitrogen and oxygen atoms in total. The highest BCUT2D eigenvalue weighted by Gasteiger charge is 2.40. The lowest BCUT2D eigenvalue weighted by atomic mass is 10.2. The van der Waals surface area contributed by atoms with Crippen LogP contribution in [0.25, 0.3) is 0 Å². The summed E-state index contributed by atoms with van der Waals surface area (Å²) in [7, 11) is -2.60. The van der Waals surface area contributed by atoms with Gasteiger partial charge in [-0.25, -0.2) is 0 Å². The van der Waals surface area contributed by atoms with Gasteiger partial charge in [-0.1, -0.05) is 26.2 Å². The molecule has 0 fully saturated rings. The Labute approximate surface area is 119 Å². The molecule has 0 heterocycles. The fraction of sp³-hybridized carbons (Fsp3) is 1.00. The Morgan fingerprint density at radius 3 is 1.89 bits per heavy atom. The summed E-state index contributed by atoms with van der Waals surface area (Å²) in [5.74, 6) is 0. The number of hydrogen-bond acceptors (Lipinski definition) is 5. The van der Waals surface area contributed by atoms with E-state index < -0.39 is 8.80 Å². The van der Waals surface area contributed by atoms with Gasteiger partial charge in [0.15, 0.2) is 0 Å². The minimum absolute atomic E-state index is 0.0141. The van der Waals surface area contributed by atoms with Gasteiger partial charge in [0.05, 0.1) is 12.3 Å². The van der Waals surface area contributed by atoms with Crippen molar-refractivity contribution >= 4 is 8.80 Å². The normalized spacial score (nSPS) is 13.7. The van der Waals surface area contributed by atoms with Gasteiger partial charge in [0.1, 0.15) is 0 Å². The average molecular weight is 292 g/mol. The Kier molecular flexibility index (Phi) is 11.8. The zero-order valence-electron chi connectivity index (χ0n) is 13.0. The van der Waals surface area contributed by atoms with E-state index in [-0.39, 0.29) is 6.17 Å². The fourth-order valence-electron chi connectivity index (χ4n) is 1.91. The maximum atomic E-state index is 6.05. The van der Waals surface area contributed by atoms with Gasteiger partial charge in [0.2, 0.25) is 0 Å². The van der Waals surface area contributed by atoms with Gasteiger partial charge in [0.25, 0.3) is 0 Å². The van der Waals surface area contributed by atoms with Crippen molar-refractivity contribution in [3.8, 4) is 0 Å². The van der Waals surface area contributed by atoms with Crippen LogP contribution in [0.4, 0.5) is 0 Å². The van der Waals surface area contributed by atoms with Crippen molar-refractivity contribution in [1.29, 1.82) is 0 Å². The van der Waals surface area contributed by atoms with Crippen LogP contribution in [0.15, 0.2) is 0 Å². The molecule has 19 heavy (non-hydrogen) atoms. The minimum atomic E-state index is -2.60. The molecule has 6 heteroatoms. The number of rotatable bonds is 13. The van der Waals surface area contributed by atoms with Crippen molar-refractivity contribution < 1.29 is 13.3 Å². The largest absolute Gasteiger partial charge is 0.515 e. The molecule has 0 aliphatic carbocycles. The van der Waals surface area contributed by atoms with Gasteiger partial charge < -0.3 is 19.0 Å². The predicted octanol–water partition coefficient (Wildman–Crippen LogP) is 2.03. The third kappa shape index (κ3) is 8.72. The molecule has 0 aromatic carbocycles. The van der Waals surface area contributed by atoms with Crippen molar-refractivity contribution in [2.24, 2.45) is 5.73 Å². The van der Waals surface area contributed by atoms with E-state index >= 15 is 0 Å². The van der Waals surface area contributed by atoms with Crippen LogP contribution >= 0.6 is 0 Å². The summed E-state index contributed by atoms with van der Waals surface area (Å²) < 4.78 is 17.3. The summed E-state index contributed by atoms with van der Waals surface area (Å²) in [4.78, 5) is 0. The van der Waals surface area contributed by atoms with E-state index in [4.69, 9.17) is 19.0 Å². The molecule has 0 aromatic rings. The molecular weight excluding hydrogens is 260 g/mol. The van der Waals surface area contributed by atoms with Crippen LogP contribution in [0.3, 0.4) is 0 Å². The second kappa shape index (κ2) is 11.8. The second-order valence-electron chi connectivity index (χ2n) is 4.47. The third-order valence-corrected chi connectivity index (χ3v) is 5.61. The number of nitrogens with two attached hydrogens (primary N) is 1. The highest BCUT2D eigenvalue weighted by Crippen LogP contribution is 2.09. The summed E-state index contributed by atoms with van der Waals surface area (Å²) in [5, 5.41) is 3.30. The van der Waals surface area contributed by atoms with Gasteiger partial charge >= 0.3 is 8.80 Å². The maximum Gasteiger partial charge on any atom is 0.515 e. The molecule has 0 saturated carbocycles. The highest BCUT2D eigenvalue weighted by molar-refractivity contribution is 6.60. The Hall–Kier alpha value is 0.0169. The van der Waals surface area contributed by atoms with Crippen LogP contribution in [0.2, 0.25) is 0 Å². The van der Waals surface area contributed by atoms with Crippen LogP contribution < -0.4 is 11.1 Å². The topological polar surface area (TPSA) is 65.7 Å². The SMILES string of the molecule is CCCCCC(N)NC[Si](OCC)(OCC)OCC. The van der Waals surface area contributed by atoms with E-state index in [1.807, 2.05) is 20.8 Å². The first-order chi connectivity index (χ1) is 9.14. The quantitative estimate of drug-likeness (QED) is 0.309. The van der Waals surface area contributed by atoms with Crippen molar-refractivity contribution in [2.75, 3.05) is 26.0 Å². The van der Waals surface area contributed by atoms with Crippen molar-refractivity contribution in [1.82, 2.24) is 5.32 Å². The first kappa shape index (κ1) is 19.0. The lowest BCUT2D eigenvalue weighted by molar-refractivity contribution is 0.0691. The first-order valence-corrected chi connectivity index (χ1v) is 9.48. The van der Waals surface area contributed by atoms with Crippen LogP contribution in [-0.2, 0) is 13.3 Å². The molecule has 0 amide bonds. The van der Waals surface area contributed by atoms with Crippen molar-refractivity contribution in [3.05, 3.63) is 0 Å². The number of nitrogens with one attached hydrogen (secondary N) is 1. The molecule has 3 N–H and O–H groups in total. The van der Waals surface area contributed by atoms with Gasteiger partial charge in [-0.15, -0.1) is 0 Å². The minimum Gasteiger partial charge on any atom is -0.373 e. The molecular formula is C13H32N2O3Si. The van der Waals surface area contributed by atoms with Crippen LogP contribution in [-0.4, -0.2) is 41.0 Å². The van der Waals surface area contributed by atoms with Gasteiger partial charge in [-0.2, -0.15) is 0 Å². The lowest BCUT2D eigenvalue weighted by Crippen LogP contribution is -2.57. The summed E-state index contributed by atoms with van der Waals surface area (Å²) >= 11 is 0. The zero-order valence-corrected chi connectivity index (χ0v) is 14.0. The molecule has 0 aromatic heterocycles. The smallest absolute Gasteiger partial charge is 0.373 e. The fourth-order valence-corrected chi connectivity index (χ4v) is 4.30. The summed E-state index contributed by atoms with van der Waals surface area (Å²) in [5.41, 5.74) is 6.05. The molecule has 1 unspecified atom stereocenters. The van der Waals surface area contributed by atoms with E-state index in [1.165, 1.54) is 12.8 Å². The molecule has 0 spiro atoms. The monoisotopic (exact) mass is 292 g/mol. The molecule has 0 radical (unpaired) electrons. The molecule has 1 atom stereocenters. The standard InChI is InChI=1S/C13H32N2O3Si/c1-5-9-10-11-13(14)15-12-19(16-6-2,17-7-3)18-8-4/h13,15H,5-12,14H2,1-4H3. The van der Waals surface area contributed by atoms with E-state index in [0.29, 0.717) is 26.0 Å². The molecule has 0 aliphatic heterocycles. The molecule has 0 aliphatic rings. The van der Waals surface area contributed by atoms with E-state index in [1.54, 1.807) is 0 Å². The van der Waals surface area contributed by atoms with Crippen molar-refractivity contribution in [3.63, 3.8) is 0 Å². The second-order valence-corrected chi connectivity index (χ2v) is 7.05. The molecule has 0 bridgehead atoms. The Morgan fingerprint density at radius 1 is 0.947 bits per heavy atom. The summed E-state index contributed by atoms with van der Waals surface area (Å²) in [6, 6.07) is 0. The average Bonchev–Trinajstić information content (AvgIpc) is 2.38. The molecule has 0 saturated heterocycles. The number of hydrogen-bond donors (Lipinski definition) is 2. The molecule has 0 rings (SSSR count). The van der Waals surface area contributed by atoms with Crippen LogP contribution in [0.5, 0.6) is 0 Å². The Morgan fingerprint density at radius 2 is 1.47 bits per heavy atom. The van der Waals surface area contributed by atoms with Crippen molar-refractivity contribution in [2.45, 2.75) is 59.5 Å². The zero-order chi connectivity index (χ0) is 14.6. The lowest BCUT2D eigenvalue weighted by Gasteiger charge is -2.29. The van der Waals surface area contributed by atoms with E-state index in [0.717, 1.165) is 12.8 Å². The first-order valence-electron chi connectivity index (χ1n) is 7.54. The molecule has 116 valence electrons. The van der Waals surface area contributed by atoms with E-state index in [9.17, 15) is 0 Å². The van der Waals surface area contributed by atoms with Crippen LogP contribution in [0, 0.1) is 0 Å². The Bertz CT molecular complexity index is 191. The van der Waals surface area contributed by atoms with Gasteiger partial charge in [0, 0.05) is 19.8 Å². The summed E-state index contributed by atoms with van der Waals surface area (Å²) in [6.07, 6.45) is 5.12. The highest BCUT2D eigenvalue weighted by atomic mass is 28.4. The predicted molar refractivity (Wildman–Crippen MR) is 80.8 cm³/mol. The van der Waals surface area contributed by atoms with Gasteiger partial charge in [-0.05, 0) is 27.2 Å². The van der Waals surface area contributed by atoms with E-state index in [2.05, 4.69) is 12.2 Å². The van der Waals surface area contributed by atoms with Crippen LogP contribution in [0.1, 0.15) is 53.4 Å². The Balaban J connectivity index is 4.21. The summed E-state index contributed by atoms with van der Waals surface area (Å²) in [6.45, 7) is 9.86. The third-order valence-electron chi connectivity index (χ3n) is 2.79. The maximum absolute atomic E-state index is 6.05. The van der Waals surface area contributed by atoms with Gasteiger partial charge in [-0.3, -0.25) is 5.32 Å².